The molecule has 2 spiro atoms. The molecule has 0 radical (unpaired) electrons. The molecule has 1 nitrogen and oxygen atoms in total. The summed E-state index contributed by atoms with van der Waals surface area (Å²) < 4.78 is 0. The van der Waals surface area contributed by atoms with Crippen molar-refractivity contribution in [2.75, 3.05) is 0 Å². The van der Waals surface area contributed by atoms with Crippen molar-refractivity contribution in [2.45, 2.75) is 43.7 Å². The number of fused-ring (bicyclic) bond motifs is 1. The van der Waals surface area contributed by atoms with Crippen molar-refractivity contribution in [2.24, 2.45) is 17.8 Å². The molecular formula is C10H15N. The molecule has 2 aliphatic carbocycles. The minimum Gasteiger partial charge on any atom is -0.305 e. The van der Waals surface area contributed by atoms with Crippen LogP contribution in [0.5, 0.6) is 0 Å². The Balaban J connectivity index is 1.83. The summed E-state index contributed by atoms with van der Waals surface area (Å²) in [5.41, 5.74) is 1.39. The van der Waals surface area contributed by atoms with Gasteiger partial charge >= 0.3 is 0 Å². The fraction of sp³-hybridized carbons (Fsp3) is 1.00. The van der Waals surface area contributed by atoms with Gasteiger partial charge in [0.1, 0.15) is 0 Å². The first kappa shape index (κ1) is 5.58. The molecule has 0 aromatic heterocycles. The zero-order valence-corrected chi connectivity index (χ0v) is 7.06. The fourth-order valence-corrected chi connectivity index (χ4v) is 4.39. The van der Waals surface area contributed by atoms with Crippen LogP contribution >= 0.6 is 0 Å². The van der Waals surface area contributed by atoms with Crippen LogP contribution in [0, 0.1) is 17.8 Å². The van der Waals surface area contributed by atoms with E-state index < -0.39 is 0 Å². The molecule has 0 amide bonds. The molecule has 60 valence electrons. The number of nitrogens with one attached hydrogen (secondary N) is 1. The van der Waals surface area contributed by atoms with Crippen molar-refractivity contribution < 1.29 is 0 Å². The van der Waals surface area contributed by atoms with Crippen LogP contribution in [0.25, 0.3) is 0 Å². The summed E-state index contributed by atoms with van der Waals surface area (Å²) in [6.07, 6.45) is 6.00. The van der Waals surface area contributed by atoms with Gasteiger partial charge < -0.3 is 5.32 Å². The summed E-state index contributed by atoms with van der Waals surface area (Å²) in [5, 5.41) is 3.92. The van der Waals surface area contributed by atoms with Gasteiger partial charge in [-0.3, -0.25) is 0 Å². The lowest BCUT2D eigenvalue weighted by Gasteiger charge is -2.33. The van der Waals surface area contributed by atoms with Crippen molar-refractivity contribution in [3.63, 3.8) is 0 Å². The topological polar surface area (TPSA) is 12.0 Å². The van der Waals surface area contributed by atoms with Gasteiger partial charge in [-0.05, 0) is 43.4 Å². The highest BCUT2D eigenvalue weighted by Gasteiger charge is 2.79. The lowest BCUT2D eigenvalue weighted by molar-refractivity contribution is 0.244. The van der Waals surface area contributed by atoms with E-state index in [1.54, 1.807) is 0 Å². The summed E-state index contributed by atoms with van der Waals surface area (Å²) in [7, 11) is 0. The van der Waals surface area contributed by atoms with Crippen molar-refractivity contribution in [1.82, 2.24) is 5.32 Å². The Morgan fingerprint density at radius 2 is 1.55 bits per heavy atom. The van der Waals surface area contributed by atoms with Gasteiger partial charge in [-0.15, -0.1) is 0 Å². The Morgan fingerprint density at radius 3 is 2.09 bits per heavy atom. The summed E-state index contributed by atoms with van der Waals surface area (Å²) in [5.74, 6) is 3.24. The Morgan fingerprint density at radius 1 is 1.00 bits per heavy atom. The smallest absolute Gasteiger partial charge is 0.0225 e. The van der Waals surface area contributed by atoms with E-state index in [1.807, 2.05) is 0 Å². The van der Waals surface area contributed by atoms with Gasteiger partial charge in [-0.1, -0.05) is 6.92 Å². The zero-order valence-electron chi connectivity index (χ0n) is 7.06. The lowest BCUT2D eigenvalue weighted by Crippen LogP contribution is -2.46. The summed E-state index contributed by atoms with van der Waals surface area (Å²) >= 11 is 0. The molecule has 2 saturated heterocycles. The van der Waals surface area contributed by atoms with E-state index in [4.69, 9.17) is 0 Å². The van der Waals surface area contributed by atoms with Crippen LogP contribution in [-0.2, 0) is 0 Å². The van der Waals surface area contributed by atoms with Crippen LogP contribution in [0.15, 0.2) is 0 Å². The number of piperidine rings is 3. The molecule has 2 bridgehead atoms. The molecule has 4 aliphatic rings. The average molecular weight is 149 g/mol. The number of rotatable bonds is 0. The van der Waals surface area contributed by atoms with E-state index in [2.05, 4.69) is 12.2 Å². The van der Waals surface area contributed by atoms with E-state index in [-0.39, 0.29) is 0 Å². The average Bonchev–Trinajstić information content (AvgIpc) is 2.71. The Labute approximate surface area is 67.6 Å². The first-order chi connectivity index (χ1) is 5.24. The molecule has 0 aromatic rings. The van der Waals surface area contributed by atoms with E-state index >= 15 is 0 Å². The third kappa shape index (κ3) is 0.438. The zero-order chi connectivity index (χ0) is 7.27. The van der Waals surface area contributed by atoms with Gasteiger partial charge in [0.25, 0.3) is 0 Å². The molecule has 4 atom stereocenters. The Hall–Kier alpha value is -0.0400. The third-order valence-corrected chi connectivity index (χ3v) is 4.68. The minimum atomic E-state index is 0.695. The second-order valence-electron chi connectivity index (χ2n) is 5.57. The monoisotopic (exact) mass is 149 g/mol. The highest BCUT2D eigenvalue weighted by molar-refractivity contribution is 5.36. The minimum absolute atomic E-state index is 0.695. The number of hydrogen-bond donors (Lipinski definition) is 1. The Bertz CT molecular complexity index is 225. The van der Waals surface area contributed by atoms with Gasteiger partial charge in [-0.25, -0.2) is 0 Å². The van der Waals surface area contributed by atoms with E-state index in [1.165, 1.54) is 25.7 Å². The molecule has 2 heterocycles. The maximum atomic E-state index is 3.92. The number of hydrogen-bond acceptors (Lipinski definition) is 1. The largest absolute Gasteiger partial charge is 0.305 e. The maximum absolute atomic E-state index is 3.92. The van der Waals surface area contributed by atoms with Gasteiger partial charge in [-0.2, -0.15) is 0 Å². The normalized spacial score (nSPS) is 75.5. The van der Waals surface area contributed by atoms with Crippen LogP contribution in [-0.4, -0.2) is 11.1 Å². The highest BCUT2D eigenvalue weighted by atomic mass is 15.2. The summed E-state index contributed by atoms with van der Waals surface area (Å²) in [4.78, 5) is 0. The van der Waals surface area contributed by atoms with Crippen LogP contribution in [0.4, 0.5) is 0 Å². The fourth-order valence-electron chi connectivity index (χ4n) is 4.39. The second-order valence-corrected chi connectivity index (χ2v) is 5.57. The van der Waals surface area contributed by atoms with E-state index in [0.29, 0.717) is 11.1 Å². The molecule has 4 unspecified atom stereocenters. The predicted molar refractivity (Wildman–Crippen MR) is 43.2 cm³/mol. The van der Waals surface area contributed by atoms with Gasteiger partial charge in [0, 0.05) is 11.1 Å². The van der Waals surface area contributed by atoms with Crippen molar-refractivity contribution >= 4 is 0 Å². The van der Waals surface area contributed by atoms with Crippen LogP contribution < -0.4 is 5.32 Å². The van der Waals surface area contributed by atoms with Crippen LogP contribution in [0.2, 0.25) is 0 Å². The first-order valence-electron chi connectivity index (χ1n) is 5.04. The molecule has 4 fully saturated rings. The molecule has 2 saturated carbocycles. The van der Waals surface area contributed by atoms with Gasteiger partial charge in [0.2, 0.25) is 0 Å². The maximum Gasteiger partial charge on any atom is 0.0225 e. The SMILES string of the molecule is CC1CC23CC2C2CC2(C1)N3. The van der Waals surface area contributed by atoms with Crippen LogP contribution in [0.1, 0.15) is 32.6 Å². The molecule has 1 heteroatoms. The molecule has 4 rings (SSSR count). The second kappa shape index (κ2) is 1.19. The third-order valence-electron chi connectivity index (χ3n) is 4.68. The molecule has 0 aromatic carbocycles. The quantitative estimate of drug-likeness (QED) is 0.551. The van der Waals surface area contributed by atoms with Crippen molar-refractivity contribution in [1.29, 1.82) is 0 Å². The van der Waals surface area contributed by atoms with Crippen molar-refractivity contribution in [3.05, 3.63) is 0 Å². The lowest BCUT2D eigenvalue weighted by atomic mass is 9.88. The first-order valence-corrected chi connectivity index (χ1v) is 5.04. The molecule has 2 aliphatic heterocycles. The molecular weight excluding hydrogens is 134 g/mol. The molecule has 11 heavy (non-hydrogen) atoms. The van der Waals surface area contributed by atoms with Crippen LogP contribution in [0.3, 0.4) is 0 Å². The predicted octanol–water partition coefficient (Wildman–Crippen LogP) is 1.54. The summed E-state index contributed by atoms with van der Waals surface area (Å²) in [6.45, 7) is 2.44. The molecule has 1 N–H and O–H groups in total. The van der Waals surface area contributed by atoms with E-state index in [0.717, 1.165) is 17.8 Å². The Kier molecular flexibility index (Phi) is 0.602. The van der Waals surface area contributed by atoms with Gasteiger partial charge in [0.05, 0.1) is 0 Å². The highest BCUT2D eigenvalue weighted by Crippen LogP contribution is 2.75. The van der Waals surface area contributed by atoms with E-state index in [9.17, 15) is 0 Å². The van der Waals surface area contributed by atoms with Crippen molar-refractivity contribution in [3.8, 4) is 0 Å². The van der Waals surface area contributed by atoms with Gasteiger partial charge in [0.15, 0.2) is 0 Å². The summed E-state index contributed by atoms with van der Waals surface area (Å²) in [6, 6.07) is 0. The standard InChI is InChI=1S/C10H15N/c1-6-2-9-4-7(9)8-5-10(8,3-6)11-9/h6-8,11H,2-5H2,1H3.